The lowest BCUT2D eigenvalue weighted by molar-refractivity contribution is -0.144. The van der Waals surface area contributed by atoms with Gasteiger partial charge in [0.1, 0.15) is 0 Å². The second kappa shape index (κ2) is 6.76. The fourth-order valence-electron chi connectivity index (χ4n) is 3.68. The fraction of sp³-hybridized carbons (Fsp3) is 0.529. The highest BCUT2D eigenvalue weighted by Gasteiger charge is 2.35. The van der Waals surface area contributed by atoms with Gasteiger partial charge in [-0.2, -0.15) is 0 Å². The summed E-state index contributed by atoms with van der Waals surface area (Å²) in [6, 6.07) is 4.86. The largest absolute Gasteiger partial charge is 0.481 e. The van der Waals surface area contributed by atoms with E-state index in [1.807, 2.05) is 0 Å². The minimum atomic E-state index is -3.56. The summed E-state index contributed by atoms with van der Waals surface area (Å²) in [6.45, 7) is 0.538. The predicted molar refractivity (Wildman–Crippen MR) is 91.8 cm³/mol. The van der Waals surface area contributed by atoms with Gasteiger partial charge in [-0.1, -0.05) is 6.07 Å². The summed E-state index contributed by atoms with van der Waals surface area (Å²) >= 11 is 0. The topological polar surface area (TPSA) is 104 Å². The van der Waals surface area contributed by atoms with E-state index in [9.17, 15) is 18.0 Å². The van der Waals surface area contributed by atoms with E-state index in [1.54, 1.807) is 23.1 Å². The molecule has 1 aliphatic carbocycles. The van der Waals surface area contributed by atoms with Crippen LogP contribution in [0, 0.1) is 11.8 Å². The van der Waals surface area contributed by atoms with Crippen molar-refractivity contribution in [3.8, 4) is 0 Å². The molecule has 0 radical (unpaired) electrons. The van der Waals surface area contributed by atoms with Crippen LogP contribution in [-0.4, -0.2) is 39.0 Å². The maximum absolute atomic E-state index is 12.9. The molecule has 1 heterocycles. The highest BCUT2D eigenvalue weighted by molar-refractivity contribution is 7.89. The zero-order valence-electron chi connectivity index (χ0n) is 14.1. The van der Waals surface area contributed by atoms with E-state index in [4.69, 9.17) is 5.11 Å². The Hall–Kier alpha value is -1.93. The average molecular weight is 366 g/mol. The minimum Gasteiger partial charge on any atom is -0.481 e. The monoisotopic (exact) mass is 366 g/mol. The molecule has 8 heteroatoms. The summed E-state index contributed by atoms with van der Waals surface area (Å²) in [5.74, 6) is -1.37. The van der Waals surface area contributed by atoms with E-state index < -0.39 is 16.0 Å². The van der Waals surface area contributed by atoms with E-state index in [0.29, 0.717) is 44.3 Å². The zero-order chi connectivity index (χ0) is 18.2. The van der Waals surface area contributed by atoms with Gasteiger partial charge in [0.2, 0.25) is 15.9 Å². The summed E-state index contributed by atoms with van der Waals surface area (Å²) in [7, 11) is -2.21. The number of rotatable bonds is 4. The number of carboxylic acids is 1. The van der Waals surface area contributed by atoms with Crippen LogP contribution in [0.4, 0.5) is 5.69 Å². The minimum absolute atomic E-state index is 0.0263. The smallest absolute Gasteiger partial charge is 0.306 e. The maximum Gasteiger partial charge on any atom is 0.306 e. The van der Waals surface area contributed by atoms with Crippen molar-refractivity contribution >= 4 is 27.6 Å². The highest BCUT2D eigenvalue weighted by atomic mass is 32.2. The third-order valence-corrected chi connectivity index (χ3v) is 6.64. The Labute approximate surface area is 147 Å². The van der Waals surface area contributed by atoms with Crippen molar-refractivity contribution in [2.75, 3.05) is 18.5 Å². The average Bonchev–Trinajstić information content (AvgIpc) is 3.04. The molecule has 0 bridgehead atoms. The number of carboxylic acid groups (broad SMARTS) is 1. The van der Waals surface area contributed by atoms with Crippen LogP contribution >= 0.6 is 0 Å². The second-order valence-corrected chi connectivity index (χ2v) is 8.51. The second-order valence-electron chi connectivity index (χ2n) is 6.62. The maximum atomic E-state index is 12.9. The van der Waals surface area contributed by atoms with Crippen LogP contribution in [0.3, 0.4) is 0 Å². The summed E-state index contributed by atoms with van der Waals surface area (Å²) in [5, 5.41) is 9.08. The van der Waals surface area contributed by atoms with Gasteiger partial charge in [-0.25, -0.2) is 13.1 Å². The summed E-state index contributed by atoms with van der Waals surface area (Å²) < 4.78 is 26.3. The van der Waals surface area contributed by atoms with E-state index in [0.717, 1.165) is 5.56 Å². The molecule has 0 spiro atoms. The number of amides is 1. The molecule has 0 saturated heterocycles. The Morgan fingerprint density at radius 2 is 1.80 bits per heavy atom. The van der Waals surface area contributed by atoms with Crippen molar-refractivity contribution in [2.45, 2.75) is 37.0 Å². The Morgan fingerprint density at radius 1 is 1.16 bits per heavy atom. The van der Waals surface area contributed by atoms with Crippen molar-refractivity contribution < 1.29 is 23.1 Å². The number of aliphatic carboxylic acids is 1. The van der Waals surface area contributed by atoms with Crippen LogP contribution < -0.4 is 9.62 Å². The lowest BCUT2D eigenvalue weighted by Gasteiger charge is -2.29. The number of nitrogens with one attached hydrogen (secondary N) is 1. The van der Waals surface area contributed by atoms with Crippen molar-refractivity contribution in [2.24, 2.45) is 11.8 Å². The molecule has 2 aliphatic rings. The third kappa shape index (κ3) is 3.41. The normalized spacial score (nSPS) is 23.3. The molecule has 1 aromatic rings. The van der Waals surface area contributed by atoms with Gasteiger partial charge in [0.25, 0.3) is 0 Å². The number of carbonyl (C=O) groups is 2. The molecular weight excluding hydrogens is 344 g/mol. The lowest BCUT2D eigenvalue weighted by Crippen LogP contribution is -2.37. The van der Waals surface area contributed by atoms with Crippen molar-refractivity contribution in [1.29, 1.82) is 0 Å². The molecule has 3 rings (SSSR count). The Morgan fingerprint density at radius 3 is 2.40 bits per heavy atom. The molecule has 0 aromatic heterocycles. The van der Waals surface area contributed by atoms with Crippen molar-refractivity contribution in [1.82, 2.24) is 4.72 Å². The van der Waals surface area contributed by atoms with Gasteiger partial charge in [0.15, 0.2) is 0 Å². The summed E-state index contributed by atoms with van der Waals surface area (Å²) in [6.07, 6.45) is 2.86. The van der Waals surface area contributed by atoms with Gasteiger partial charge in [-0.15, -0.1) is 0 Å². The SMILES string of the molecule is CNS(=O)(=O)c1ccc2c(c1)N(C(=O)C1CCC(C(=O)O)CC1)CC2. The van der Waals surface area contributed by atoms with Gasteiger partial charge in [-0.3, -0.25) is 9.59 Å². The summed E-state index contributed by atoms with van der Waals surface area (Å²) in [4.78, 5) is 25.7. The molecule has 0 atom stereocenters. The first-order chi connectivity index (χ1) is 11.8. The molecular formula is C17H22N2O5S. The number of carbonyl (C=O) groups excluding carboxylic acids is 1. The van der Waals surface area contributed by atoms with E-state index in [2.05, 4.69) is 4.72 Å². The molecule has 1 aliphatic heterocycles. The molecule has 0 unspecified atom stereocenters. The first-order valence-electron chi connectivity index (χ1n) is 8.44. The van der Waals surface area contributed by atoms with Gasteiger partial charge < -0.3 is 10.0 Å². The number of hydrogen-bond acceptors (Lipinski definition) is 4. The molecule has 25 heavy (non-hydrogen) atoms. The van der Waals surface area contributed by atoms with Crippen LogP contribution in [0.15, 0.2) is 23.1 Å². The standard InChI is InChI=1S/C17H22N2O5S/c1-18-25(23,24)14-7-6-11-8-9-19(15(11)10-14)16(20)12-2-4-13(5-3-12)17(21)22/h6-7,10,12-13,18H,2-5,8-9H2,1H3,(H,21,22). The van der Waals surface area contributed by atoms with Gasteiger partial charge in [0, 0.05) is 18.2 Å². The molecule has 1 aromatic carbocycles. The van der Waals surface area contributed by atoms with Crippen LogP contribution in [-0.2, 0) is 26.0 Å². The Kier molecular flexibility index (Phi) is 4.83. The molecule has 2 N–H and O–H groups in total. The number of benzene rings is 1. The number of fused-ring (bicyclic) bond motifs is 1. The van der Waals surface area contributed by atoms with Gasteiger partial charge in [-0.05, 0) is 56.8 Å². The first kappa shape index (κ1) is 17.9. The van der Waals surface area contributed by atoms with E-state index in [1.165, 1.54) is 7.05 Å². The van der Waals surface area contributed by atoms with Crippen LogP contribution in [0.1, 0.15) is 31.2 Å². The van der Waals surface area contributed by atoms with Crippen molar-refractivity contribution in [3.05, 3.63) is 23.8 Å². The third-order valence-electron chi connectivity index (χ3n) is 5.22. The van der Waals surface area contributed by atoms with Crippen LogP contribution in [0.2, 0.25) is 0 Å². The number of hydrogen-bond donors (Lipinski definition) is 2. The van der Waals surface area contributed by atoms with Gasteiger partial charge >= 0.3 is 5.97 Å². The predicted octanol–water partition coefficient (Wildman–Crippen LogP) is 1.37. The molecule has 1 fully saturated rings. The number of nitrogens with zero attached hydrogens (tertiary/aromatic N) is 1. The van der Waals surface area contributed by atoms with Crippen LogP contribution in [0.5, 0.6) is 0 Å². The Balaban J connectivity index is 1.79. The highest BCUT2D eigenvalue weighted by Crippen LogP contribution is 2.35. The van der Waals surface area contributed by atoms with E-state index in [-0.39, 0.29) is 22.6 Å². The number of sulfonamides is 1. The summed E-state index contributed by atoms with van der Waals surface area (Å²) in [5.41, 5.74) is 1.62. The number of anilines is 1. The van der Waals surface area contributed by atoms with Crippen LogP contribution in [0.25, 0.3) is 0 Å². The van der Waals surface area contributed by atoms with E-state index >= 15 is 0 Å². The zero-order valence-corrected chi connectivity index (χ0v) is 14.9. The molecule has 136 valence electrons. The van der Waals surface area contributed by atoms with Crippen molar-refractivity contribution in [3.63, 3.8) is 0 Å². The Bertz CT molecular complexity index is 797. The quantitative estimate of drug-likeness (QED) is 0.838. The first-order valence-corrected chi connectivity index (χ1v) is 9.92. The fourth-order valence-corrected chi connectivity index (χ4v) is 4.43. The molecule has 7 nitrogen and oxygen atoms in total. The molecule has 1 saturated carbocycles. The molecule has 1 amide bonds. The lowest BCUT2D eigenvalue weighted by atomic mass is 9.81. The van der Waals surface area contributed by atoms with Gasteiger partial charge in [0.05, 0.1) is 10.8 Å².